The normalized spacial score (nSPS) is 24.6. The maximum atomic E-state index is 12.7. The van der Waals surface area contributed by atoms with Gasteiger partial charge in [-0.2, -0.15) is 0 Å². The molecule has 3 aliphatic rings. The molecule has 2 bridgehead atoms. The maximum Gasteiger partial charge on any atom is 0.263 e. The minimum atomic E-state index is -3.40. The lowest BCUT2D eigenvalue weighted by Gasteiger charge is -2.44. The molecule has 2 aromatic rings. The highest BCUT2D eigenvalue weighted by Gasteiger charge is 2.35. The molecule has 0 saturated carbocycles. The van der Waals surface area contributed by atoms with Crippen LogP contribution in [0.1, 0.15) is 22.5 Å². The van der Waals surface area contributed by atoms with Crippen LogP contribution in [0.3, 0.4) is 0 Å². The van der Waals surface area contributed by atoms with Crippen LogP contribution in [0.15, 0.2) is 30.5 Å². The number of rotatable bonds is 5. The Morgan fingerprint density at radius 1 is 1.26 bits per heavy atom. The first kappa shape index (κ1) is 18.4. The molecule has 3 fully saturated rings. The fourth-order valence-electron chi connectivity index (χ4n) is 3.83. The van der Waals surface area contributed by atoms with Crippen LogP contribution in [0.4, 0.5) is 5.69 Å². The zero-order valence-electron chi connectivity index (χ0n) is 15.0. The second-order valence-corrected chi connectivity index (χ2v) is 9.95. The van der Waals surface area contributed by atoms with E-state index in [9.17, 15) is 13.2 Å². The van der Waals surface area contributed by atoms with E-state index in [2.05, 4.69) is 19.9 Å². The van der Waals surface area contributed by atoms with Crippen molar-refractivity contribution in [2.24, 2.45) is 5.92 Å². The van der Waals surface area contributed by atoms with Crippen LogP contribution in [-0.4, -0.2) is 56.1 Å². The molecule has 144 valence electrons. The summed E-state index contributed by atoms with van der Waals surface area (Å²) in [6, 6.07) is 7.25. The highest BCUT2D eigenvalue weighted by Crippen LogP contribution is 2.32. The molecule has 3 aliphatic heterocycles. The number of hydrogen-bond acceptors (Lipinski definition) is 6. The summed E-state index contributed by atoms with van der Waals surface area (Å²) in [7, 11) is -3.40. The zero-order chi connectivity index (χ0) is 19.0. The third-order valence-electron chi connectivity index (χ3n) is 5.15. The van der Waals surface area contributed by atoms with Gasteiger partial charge in [-0.3, -0.25) is 9.52 Å². The summed E-state index contributed by atoms with van der Waals surface area (Å²) in [6.45, 7) is 3.18. The van der Waals surface area contributed by atoms with E-state index in [-0.39, 0.29) is 11.9 Å². The Morgan fingerprint density at radius 2 is 2.00 bits per heavy atom. The summed E-state index contributed by atoms with van der Waals surface area (Å²) in [5.74, 6) is 0.456. The molecule has 0 aliphatic carbocycles. The molecule has 0 unspecified atom stereocenters. The minimum absolute atomic E-state index is 0.106. The molecule has 1 aromatic carbocycles. The smallest absolute Gasteiger partial charge is 0.263 e. The van der Waals surface area contributed by atoms with Crippen molar-refractivity contribution in [3.63, 3.8) is 0 Å². The number of amides is 1. The summed E-state index contributed by atoms with van der Waals surface area (Å²) in [5, 5.41) is 3.77. The third kappa shape index (κ3) is 4.15. The van der Waals surface area contributed by atoms with Crippen molar-refractivity contribution in [3.8, 4) is 10.6 Å². The number of anilines is 1. The molecule has 1 amide bonds. The second-order valence-electron chi connectivity index (χ2n) is 7.17. The molecular formula is C18H22N4O3S2. The molecule has 5 rings (SSSR count). The predicted octanol–water partition coefficient (Wildman–Crippen LogP) is 2.01. The quantitative estimate of drug-likeness (QED) is 0.793. The topological polar surface area (TPSA) is 91.4 Å². The van der Waals surface area contributed by atoms with Crippen molar-refractivity contribution in [1.29, 1.82) is 0 Å². The standard InChI is InChI=1S/C18H22N4O3S2/c1-27(24,25)21-14-5-3-2-4-13(14)18-19-10-16(26-18)17(23)20-15-11-22-8-6-12(15)7-9-22/h2-5,10,12,15,21H,6-9,11H2,1H3,(H,20,23)/t15-/m0/s1. The number of nitrogens with one attached hydrogen (secondary N) is 2. The van der Waals surface area contributed by atoms with Gasteiger partial charge in [0.25, 0.3) is 5.91 Å². The van der Waals surface area contributed by atoms with Gasteiger partial charge in [-0.15, -0.1) is 11.3 Å². The van der Waals surface area contributed by atoms with Crippen LogP contribution in [0.25, 0.3) is 10.6 Å². The Labute approximate surface area is 162 Å². The van der Waals surface area contributed by atoms with Crippen LogP contribution in [0.2, 0.25) is 0 Å². The Bertz CT molecular complexity index is 949. The fraction of sp³-hybridized carbons (Fsp3) is 0.444. The van der Waals surface area contributed by atoms with Gasteiger partial charge in [-0.05, 0) is 44.0 Å². The Morgan fingerprint density at radius 3 is 2.67 bits per heavy atom. The molecule has 1 atom stereocenters. The lowest BCUT2D eigenvalue weighted by atomic mass is 9.84. The van der Waals surface area contributed by atoms with Gasteiger partial charge in [0.1, 0.15) is 9.88 Å². The predicted molar refractivity (Wildman–Crippen MR) is 106 cm³/mol. The molecule has 4 heterocycles. The van der Waals surface area contributed by atoms with Gasteiger partial charge >= 0.3 is 0 Å². The van der Waals surface area contributed by atoms with Crippen LogP contribution < -0.4 is 10.0 Å². The van der Waals surface area contributed by atoms with Gasteiger partial charge in [0.05, 0.1) is 18.1 Å². The summed E-state index contributed by atoms with van der Waals surface area (Å²) >= 11 is 1.27. The van der Waals surface area contributed by atoms with E-state index >= 15 is 0 Å². The summed E-state index contributed by atoms with van der Waals surface area (Å²) < 4.78 is 25.7. The van der Waals surface area contributed by atoms with Crippen LogP contribution in [0, 0.1) is 5.92 Å². The molecular weight excluding hydrogens is 384 g/mol. The van der Waals surface area contributed by atoms with Crippen LogP contribution in [0.5, 0.6) is 0 Å². The van der Waals surface area contributed by atoms with Crippen molar-refractivity contribution in [3.05, 3.63) is 35.3 Å². The van der Waals surface area contributed by atoms with E-state index in [1.807, 2.05) is 6.07 Å². The number of carbonyl (C=O) groups excluding carboxylic acids is 1. The number of fused-ring (bicyclic) bond motifs is 3. The number of aromatic nitrogens is 1. The fourth-order valence-corrected chi connectivity index (χ4v) is 5.27. The number of benzene rings is 1. The first-order valence-electron chi connectivity index (χ1n) is 8.95. The van der Waals surface area contributed by atoms with E-state index in [0.29, 0.717) is 27.1 Å². The van der Waals surface area contributed by atoms with Crippen LogP contribution >= 0.6 is 11.3 Å². The van der Waals surface area contributed by atoms with Gasteiger partial charge in [0, 0.05) is 18.2 Å². The Balaban J connectivity index is 1.51. The number of sulfonamides is 1. The van der Waals surface area contributed by atoms with Crippen LogP contribution in [-0.2, 0) is 10.0 Å². The number of para-hydroxylation sites is 1. The lowest BCUT2D eigenvalue weighted by molar-refractivity contribution is 0.0622. The SMILES string of the molecule is CS(=O)(=O)Nc1ccccc1-c1ncc(C(=O)N[C@H]2CN3CCC2CC3)s1. The average Bonchev–Trinajstić information content (AvgIpc) is 3.12. The van der Waals surface area contributed by atoms with Crippen molar-refractivity contribution >= 4 is 33.0 Å². The first-order valence-corrected chi connectivity index (χ1v) is 11.7. The highest BCUT2D eigenvalue weighted by molar-refractivity contribution is 7.92. The van der Waals surface area contributed by atoms with Gasteiger partial charge in [-0.1, -0.05) is 12.1 Å². The highest BCUT2D eigenvalue weighted by atomic mass is 32.2. The molecule has 3 saturated heterocycles. The number of nitrogens with zero attached hydrogens (tertiary/aromatic N) is 2. The third-order valence-corrected chi connectivity index (χ3v) is 6.78. The van der Waals surface area contributed by atoms with Gasteiger partial charge < -0.3 is 10.2 Å². The average molecular weight is 407 g/mol. The van der Waals surface area contributed by atoms with Crippen molar-refractivity contribution in [1.82, 2.24) is 15.2 Å². The van der Waals surface area contributed by atoms with E-state index < -0.39 is 10.0 Å². The van der Waals surface area contributed by atoms with Gasteiger partial charge in [-0.25, -0.2) is 13.4 Å². The molecule has 2 N–H and O–H groups in total. The zero-order valence-corrected chi connectivity index (χ0v) is 16.6. The number of thiazole rings is 1. The van der Waals surface area contributed by atoms with Gasteiger partial charge in [0.2, 0.25) is 10.0 Å². The molecule has 7 nitrogen and oxygen atoms in total. The first-order chi connectivity index (χ1) is 12.9. The molecule has 27 heavy (non-hydrogen) atoms. The summed E-state index contributed by atoms with van der Waals surface area (Å²) in [5.41, 5.74) is 1.12. The summed E-state index contributed by atoms with van der Waals surface area (Å²) in [6.07, 6.45) is 4.96. The minimum Gasteiger partial charge on any atom is -0.347 e. The Hall–Kier alpha value is -1.97. The van der Waals surface area contributed by atoms with Crippen molar-refractivity contribution in [2.45, 2.75) is 18.9 Å². The number of hydrogen-bond donors (Lipinski definition) is 2. The molecule has 1 aromatic heterocycles. The van der Waals surface area contributed by atoms with Gasteiger partial charge in [0.15, 0.2) is 0 Å². The van der Waals surface area contributed by atoms with E-state index in [1.165, 1.54) is 11.3 Å². The second kappa shape index (κ2) is 7.21. The number of carbonyl (C=O) groups is 1. The maximum absolute atomic E-state index is 12.7. The summed E-state index contributed by atoms with van der Waals surface area (Å²) in [4.78, 5) is 20.0. The van der Waals surface area contributed by atoms with E-state index in [1.54, 1.807) is 24.4 Å². The number of piperidine rings is 3. The largest absolute Gasteiger partial charge is 0.347 e. The van der Waals surface area contributed by atoms with E-state index in [4.69, 9.17) is 0 Å². The molecule has 0 radical (unpaired) electrons. The van der Waals surface area contributed by atoms with Crippen molar-refractivity contribution < 1.29 is 13.2 Å². The Kier molecular flexibility index (Phi) is 4.92. The monoisotopic (exact) mass is 406 g/mol. The molecule has 0 spiro atoms. The van der Waals surface area contributed by atoms with Crippen molar-refractivity contribution in [2.75, 3.05) is 30.6 Å². The van der Waals surface area contributed by atoms with E-state index in [0.717, 1.165) is 38.7 Å². The molecule has 9 heteroatoms. The lowest BCUT2D eigenvalue weighted by Crippen LogP contribution is -2.57.